The van der Waals surface area contributed by atoms with Crippen LogP contribution in [0.5, 0.6) is 0 Å². The van der Waals surface area contributed by atoms with Crippen molar-refractivity contribution in [2.24, 2.45) is 4.99 Å². The molecule has 0 unspecified atom stereocenters. The molecular weight excluding hydrogens is 404 g/mol. The van der Waals surface area contributed by atoms with Gasteiger partial charge in [-0.1, -0.05) is 6.07 Å². The molecule has 0 aliphatic carbocycles. The normalized spacial score (nSPS) is 11.0. The van der Waals surface area contributed by atoms with Crippen LogP contribution in [0.3, 0.4) is 0 Å². The van der Waals surface area contributed by atoms with Crippen LogP contribution in [0.2, 0.25) is 0 Å². The Morgan fingerprint density at radius 1 is 1.33 bits per heavy atom. The zero-order chi connectivity index (χ0) is 14.8. The highest BCUT2D eigenvalue weighted by Crippen LogP contribution is 2.17. The summed E-state index contributed by atoms with van der Waals surface area (Å²) in [5.74, 6) is 1.21. The van der Waals surface area contributed by atoms with Crippen molar-refractivity contribution >= 4 is 41.7 Å². The molecule has 0 bridgehead atoms. The number of rotatable bonds is 7. The average molecular weight is 427 g/mol. The number of aliphatic hydroxyl groups excluding tert-OH is 1. The van der Waals surface area contributed by atoms with Crippen LogP contribution in [0, 0.1) is 5.82 Å². The number of aliphatic imine (C=N–C) groups is 1. The summed E-state index contributed by atoms with van der Waals surface area (Å²) >= 11 is 1.66. The van der Waals surface area contributed by atoms with Crippen LogP contribution in [-0.2, 0) is 12.3 Å². The van der Waals surface area contributed by atoms with Crippen molar-refractivity contribution in [3.63, 3.8) is 0 Å². The molecule has 0 amide bonds. The van der Waals surface area contributed by atoms with Crippen LogP contribution in [0.15, 0.2) is 23.2 Å². The molecule has 1 aromatic rings. The van der Waals surface area contributed by atoms with E-state index in [1.807, 2.05) is 13.2 Å². The van der Waals surface area contributed by atoms with Gasteiger partial charge in [-0.15, -0.1) is 24.0 Å². The molecule has 0 heterocycles. The fraction of sp³-hybridized carbons (Fsp3) is 0.500. The minimum Gasteiger partial charge on any atom is -0.395 e. The topological polar surface area (TPSA) is 56.7 Å². The van der Waals surface area contributed by atoms with Crippen molar-refractivity contribution in [1.29, 1.82) is 0 Å². The Morgan fingerprint density at radius 3 is 2.71 bits per heavy atom. The van der Waals surface area contributed by atoms with Gasteiger partial charge in [0, 0.05) is 18.8 Å². The molecule has 0 aliphatic rings. The van der Waals surface area contributed by atoms with Gasteiger partial charge < -0.3 is 15.7 Å². The van der Waals surface area contributed by atoms with Gasteiger partial charge in [-0.2, -0.15) is 11.8 Å². The minimum absolute atomic E-state index is 0. The number of thioether (sulfide) groups is 1. The highest BCUT2D eigenvalue weighted by molar-refractivity contribution is 14.0. The largest absolute Gasteiger partial charge is 0.395 e. The number of nitrogens with zero attached hydrogens (tertiary/aromatic N) is 1. The summed E-state index contributed by atoms with van der Waals surface area (Å²) in [5, 5.41) is 14.9. The van der Waals surface area contributed by atoms with Crippen LogP contribution >= 0.6 is 35.7 Å². The van der Waals surface area contributed by atoms with Gasteiger partial charge in [0.1, 0.15) is 5.82 Å². The highest BCUT2D eigenvalue weighted by atomic mass is 127. The number of nitrogens with one attached hydrogen (secondary N) is 2. The predicted molar refractivity (Wildman–Crippen MR) is 98.9 cm³/mol. The van der Waals surface area contributed by atoms with Crippen molar-refractivity contribution in [2.75, 3.05) is 26.0 Å². The number of aliphatic hydroxyl groups is 1. The molecule has 0 aromatic heterocycles. The Hall–Kier alpha value is -0.540. The van der Waals surface area contributed by atoms with E-state index in [2.05, 4.69) is 15.6 Å². The maximum atomic E-state index is 13.3. The molecule has 7 heteroatoms. The van der Waals surface area contributed by atoms with E-state index in [0.29, 0.717) is 19.0 Å². The number of guanidine groups is 1. The monoisotopic (exact) mass is 427 g/mol. The molecular formula is C14H23FIN3OS. The summed E-state index contributed by atoms with van der Waals surface area (Å²) in [5.41, 5.74) is 1.99. The van der Waals surface area contributed by atoms with Crippen LogP contribution in [-0.4, -0.2) is 37.0 Å². The average Bonchev–Trinajstić information content (AvgIpc) is 2.44. The number of halogens is 2. The van der Waals surface area contributed by atoms with E-state index >= 15 is 0 Å². The third-order valence-corrected chi connectivity index (χ3v) is 3.22. The van der Waals surface area contributed by atoms with E-state index in [1.165, 1.54) is 6.07 Å². The Bertz CT molecular complexity index is 446. The highest BCUT2D eigenvalue weighted by Gasteiger charge is 2.04. The first-order valence-corrected chi connectivity index (χ1v) is 8.00. The standard InChI is InChI=1S/C14H22FN3OS.HI/c1-3-16-14(17-6-7-19)18-9-11-4-5-13(15)8-12(11)10-20-2;/h4-5,8,19H,3,6-7,9-10H2,1-2H3,(H2,16,17,18);1H. The van der Waals surface area contributed by atoms with Gasteiger partial charge in [0.25, 0.3) is 0 Å². The molecule has 1 rings (SSSR count). The third-order valence-electron chi connectivity index (χ3n) is 2.62. The van der Waals surface area contributed by atoms with E-state index in [-0.39, 0.29) is 36.4 Å². The van der Waals surface area contributed by atoms with Crippen LogP contribution in [0.4, 0.5) is 4.39 Å². The molecule has 0 spiro atoms. The zero-order valence-corrected chi connectivity index (χ0v) is 15.5. The van der Waals surface area contributed by atoms with Gasteiger partial charge in [-0.05, 0) is 36.4 Å². The lowest BCUT2D eigenvalue weighted by Gasteiger charge is -2.11. The molecule has 0 saturated heterocycles. The lowest BCUT2D eigenvalue weighted by Crippen LogP contribution is -2.38. The fourth-order valence-electron chi connectivity index (χ4n) is 1.72. The molecule has 1 aromatic carbocycles. The summed E-state index contributed by atoms with van der Waals surface area (Å²) < 4.78 is 13.3. The zero-order valence-electron chi connectivity index (χ0n) is 12.4. The van der Waals surface area contributed by atoms with E-state index in [9.17, 15) is 4.39 Å². The summed E-state index contributed by atoms with van der Waals surface area (Å²) in [4.78, 5) is 4.45. The molecule has 0 radical (unpaired) electrons. The Morgan fingerprint density at radius 2 is 2.10 bits per heavy atom. The number of benzene rings is 1. The predicted octanol–water partition coefficient (Wildman–Crippen LogP) is 2.35. The second kappa shape index (κ2) is 12.0. The van der Waals surface area contributed by atoms with Crippen LogP contribution in [0.1, 0.15) is 18.1 Å². The van der Waals surface area contributed by atoms with E-state index < -0.39 is 0 Å². The molecule has 3 N–H and O–H groups in total. The minimum atomic E-state index is -0.216. The lowest BCUT2D eigenvalue weighted by molar-refractivity contribution is 0.300. The summed E-state index contributed by atoms with van der Waals surface area (Å²) in [6.45, 7) is 3.72. The second-order valence-electron chi connectivity index (χ2n) is 4.19. The molecule has 4 nitrogen and oxygen atoms in total. The summed E-state index contributed by atoms with van der Waals surface area (Å²) in [7, 11) is 0. The fourth-order valence-corrected chi connectivity index (χ4v) is 2.30. The maximum Gasteiger partial charge on any atom is 0.191 e. The molecule has 0 atom stereocenters. The van der Waals surface area contributed by atoms with Gasteiger partial charge in [-0.25, -0.2) is 9.38 Å². The molecule has 0 fully saturated rings. The first kappa shape index (κ1) is 20.5. The van der Waals surface area contributed by atoms with Crippen molar-refractivity contribution in [1.82, 2.24) is 10.6 Å². The molecule has 120 valence electrons. The first-order valence-electron chi connectivity index (χ1n) is 6.60. The molecule has 0 saturated carbocycles. The van der Waals surface area contributed by atoms with Crippen LogP contribution in [0.25, 0.3) is 0 Å². The lowest BCUT2D eigenvalue weighted by atomic mass is 10.1. The Labute approximate surface area is 147 Å². The van der Waals surface area contributed by atoms with Crippen molar-refractivity contribution in [2.45, 2.75) is 19.2 Å². The van der Waals surface area contributed by atoms with Gasteiger partial charge in [0.15, 0.2) is 5.96 Å². The van der Waals surface area contributed by atoms with Crippen LogP contribution < -0.4 is 10.6 Å². The molecule has 21 heavy (non-hydrogen) atoms. The molecule has 0 aliphatic heterocycles. The number of hydrogen-bond donors (Lipinski definition) is 3. The van der Waals surface area contributed by atoms with Gasteiger partial charge in [0.2, 0.25) is 0 Å². The van der Waals surface area contributed by atoms with E-state index in [1.54, 1.807) is 23.9 Å². The summed E-state index contributed by atoms with van der Waals surface area (Å²) in [6, 6.07) is 4.80. The first-order chi connectivity index (χ1) is 9.71. The smallest absolute Gasteiger partial charge is 0.191 e. The van der Waals surface area contributed by atoms with Crippen molar-refractivity contribution in [3.05, 3.63) is 35.1 Å². The Balaban J connectivity index is 0.00000400. The summed E-state index contributed by atoms with van der Waals surface area (Å²) in [6.07, 6.45) is 1.99. The quantitative estimate of drug-likeness (QED) is 0.355. The third kappa shape index (κ3) is 7.87. The SMILES string of the molecule is CCNC(=NCc1ccc(F)cc1CSC)NCCO.I. The van der Waals surface area contributed by atoms with E-state index in [0.717, 1.165) is 23.4 Å². The van der Waals surface area contributed by atoms with Gasteiger partial charge in [0.05, 0.1) is 13.2 Å². The van der Waals surface area contributed by atoms with Gasteiger partial charge in [-0.3, -0.25) is 0 Å². The number of hydrogen-bond acceptors (Lipinski definition) is 3. The van der Waals surface area contributed by atoms with E-state index in [4.69, 9.17) is 5.11 Å². The maximum absolute atomic E-state index is 13.3. The second-order valence-corrected chi connectivity index (χ2v) is 5.06. The van der Waals surface area contributed by atoms with Crippen molar-refractivity contribution in [3.8, 4) is 0 Å². The van der Waals surface area contributed by atoms with Gasteiger partial charge >= 0.3 is 0 Å². The van der Waals surface area contributed by atoms with Crippen molar-refractivity contribution < 1.29 is 9.50 Å². The Kier molecular flexibility index (Phi) is 11.7.